The Morgan fingerprint density at radius 3 is 2.63 bits per heavy atom. The Kier molecular flexibility index (Phi) is 5.54. The zero-order valence-corrected chi connectivity index (χ0v) is 17.0. The molecule has 1 heterocycles. The molecule has 4 nitrogen and oxygen atoms in total. The smallest absolute Gasteiger partial charge is 0.254 e. The molecule has 0 aliphatic carbocycles. The molecule has 8 heteroatoms. The lowest BCUT2D eigenvalue weighted by Gasteiger charge is -2.22. The van der Waals surface area contributed by atoms with Crippen molar-refractivity contribution < 1.29 is 18.3 Å². The molecule has 3 aromatic rings. The van der Waals surface area contributed by atoms with Crippen LogP contribution in [0, 0.1) is 11.6 Å². The number of rotatable bonds is 4. The number of nitrogens with two attached hydrogens (primary N) is 1. The van der Waals surface area contributed by atoms with Crippen LogP contribution in [-0.4, -0.2) is 12.5 Å². The summed E-state index contributed by atoms with van der Waals surface area (Å²) in [5, 5.41) is 3.64. The fraction of sp³-hybridized carbons (Fsp3) is 0.136. The average molecular weight is 449 g/mol. The van der Waals surface area contributed by atoms with Gasteiger partial charge in [0.2, 0.25) is 0 Å². The molecule has 0 saturated carbocycles. The van der Waals surface area contributed by atoms with Crippen molar-refractivity contribution in [1.82, 2.24) is 5.32 Å². The van der Waals surface area contributed by atoms with Crippen LogP contribution in [0.25, 0.3) is 0 Å². The number of hydrogen-bond acceptors (Lipinski definition) is 3. The van der Waals surface area contributed by atoms with Crippen LogP contribution in [0.2, 0.25) is 10.0 Å². The third-order valence-corrected chi connectivity index (χ3v) is 5.51. The first-order valence-electron chi connectivity index (χ1n) is 9.09. The Balaban J connectivity index is 1.77. The molecule has 0 spiro atoms. The minimum Gasteiger partial charge on any atom is -0.493 e. The normalized spacial score (nSPS) is 13.5. The highest BCUT2D eigenvalue weighted by molar-refractivity contribution is 6.33. The number of benzene rings is 3. The van der Waals surface area contributed by atoms with Gasteiger partial charge < -0.3 is 15.8 Å². The van der Waals surface area contributed by atoms with Crippen molar-refractivity contribution in [1.29, 1.82) is 0 Å². The molecule has 1 amide bonds. The van der Waals surface area contributed by atoms with Gasteiger partial charge in [-0.05, 0) is 53.1 Å². The van der Waals surface area contributed by atoms with Gasteiger partial charge in [0.05, 0.1) is 18.2 Å². The third-order valence-electron chi connectivity index (χ3n) is 4.93. The Bertz CT molecular complexity index is 1150. The van der Waals surface area contributed by atoms with Crippen LogP contribution in [0.5, 0.6) is 5.75 Å². The summed E-state index contributed by atoms with van der Waals surface area (Å²) in [6.07, 6.45) is 0.739. The Labute approximate surface area is 181 Å². The Hall–Kier alpha value is -2.83. The van der Waals surface area contributed by atoms with Gasteiger partial charge in [0.25, 0.3) is 5.91 Å². The second-order valence-corrected chi connectivity index (χ2v) is 7.74. The van der Waals surface area contributed by atoms with Gasteiger partial charge in [-0.1, -0.05) is 29.3 Å². The first kappa shape index (κ1) is 20.4. The van der Waals surface area contributed by atoms with Crippen LogP contribution in [0.1, 0.15) is 33.1 Å². The van der Waals surface area contributed by atoms with Crippen molar-refractivity contribution in [2.75, 3.05) is 12.3 Å². The number of nitrogens with one attached hydrogen (secondary N) is 1. The van der Waals surface area contributed by atoms with E-state index in [9.17, 15) is 13.6 Å². The molecule has 0 radical (unpaired) electrons. The lowest BCUT2D eigenvalue weighted by molar-refractivity contribution is 0.0943. The van der Waals surface area contributed by atoms with E-state index in [4.69, 9.17) is 33.7 Å². The van der Waals surface area contributed by atoms with Crippen molar-refractivity contribution in [3.05, 3.63) is 92.5 Å². The summed E-state index contributed by atoms with van der Waals surface area (Å²) >= 11 is 12.6. The van der Waals surface area contributed by atoms with E-state index < -0.39 is 23.6 Å². The summed E-state index contributed by atoms with van der Waals surface area (Å²) in [5.74, 6) is -2.19. The Morgan fingerprint density at radius 2 is 1.83 bits per heavy atom. The number of halogens is 4. The number of carbonyl (C=O) groups excluding carboxylic acids is 1. The highest BCUT2D eigenvalue weighted by atomic mass is 35.5. The maximum absolute atomic E-state index is 13.7. The van der Waals surface area contributed by atoms with Crippen LogP contribution >= 0.6 is 23.2 Å². The van der Waals surface area contributed by atoms with E-state index in [0.29, 0.717) is 22.2 Å². The molecule has 1 unspecified atom stereocenters. The van der Waals surface area contributed by atoms with Crippen LogP contribution in [0.15, 0.2) is 48.5 Å². The second-order valence-electron chi connectivity index (χ2n) is 6.89. The number of anilines is 1. The average Bonchev–Trinajstić information content (AvgIpc) is 3.18. The predicted octanol–water partition coefficient (Wildman–Crippen LogP) is 5.31. The van der Waals surface area contributed by atoms with Crippen LogP contribution < -0.4 is 15.8 Å². The lowest BCUT2D eigenvalue weighted by Crippen LogP contribution is -2.30. The van der Waals surface area contributed by atoms with Crippen LogP contribution in [0.4, 0.5) is 14.5 Å². The molecule has 1 aliphatic heterocycles. The van der Waals surface area contributed by atoms with E-state index in [1.807, 2.05) is 12.1 Å². The number of nitrogen functional groups attached to an aromatic ring is 1. The summed E-state index contributed by atoms with van der Waals surface area (Å²) < 4.78 is 32.7. The highest BCUT2D eigenvalue weighted by Gasteiger charge is 2.24. The van der Waals surface area contributed by atoms with Crippen molar-refractivity contribution >= 4 is 34.8 Å². The first-order valence-corrected chi connectivity index (χ1v) is 9.85. The maximum atomic E-state index is 13.7. The topological polar surface area (TPSA) is 64.4 Å². The number of fused-ring (bicyclic) bond motifs is 1. The second kappa shape index (κ2) is 8.13. The predicted molar refractivity (Wildman–Crippen MR) is 112 cm³/mol. The van der Waals surface area contributed by atoms with Gasteiger partial charge in [0, 0.05) is 28.2 Å². The molecule has 154 valence electrons. The van der Waals surface area contributed by atoms with E-state index in [-0.39, 0.29) is 11.3 Å². The molecule has 0 saturated heterocycles. The van der Waals surface area contributed by atoms with Gasteiger partial charge >= 0.3 is 0 Å². The zero-order valence-electron chi connectivity index (χ0n) is 15.5. The minimum atomic E-state index is -1.17. The largest absolute Gasteiger partial charge is 0.493 e. The van der Waals surface area contributed by atoms with Crippen molar-refractivity contribution in [2.45, 2.75) is 12.5 Å². The minimum absolute atomic E-state index is 0.176. The molecule has 0 fully saturated rings. The molecule has 1 atom stereocenters. The summed E-state index contributed by atoms with van der Waals surface area (Å²) in [4.78, 5) is 12.9. The van der Waals surface area contributed by atoms with Crippen molar-refractivity contribution in [3.8, 4) is 5.75 Å². The monoisotopic (exact) mass is 448 g/mol. The quantitative estimate of drug-likeness (QED) is 0.531. The lowest BCUT2D eigenvalue weighted by atomic mass is 9.95. The molecular formula is C22H16Cl2F2N2O2. The fourth-order valence-corrected chi connectivity index (χ4v) is 3.84. The first-order chi connectivity index (χ1) is 14.3. The fourth-order valence-electron chi connectivity index (χ4n) is 3.43. The number of hydrogen-bond donors (Lipinski definition) is 2. The molecule has 3 N–H and O–H groups in total. The van der Waals surface area contributed by atoms with Gasteiger partial charge in [-0.15, -0.1) is 0 Å². The molecule has 3 aromatic carbocycles. The molecule has 0 aromatic heterocycles. The summed E-state index contributed by atoms with van der Waals surface area (Å²) in [7, 11) is 0. The molecule has 1 aliphatic rings. The van der Waals surface area contributed by atoms with Gasteiger partial charge in [0.1, 0.15) is 5.75 Å². The SMILES string of the molecule is Nc1cc(F)c(F)cc1C(=O)NC(c1ccc2c(c1)CCO2)c1cc(Cl)ccc1Cl. The van der Waals surface area contributed by atoms with Crippen molar-refractivity contribution in [3.63, 3.8) is 0 Å². The number of ether oxygens (including phenoxy) is 1. The van der Waals surface area contributed by atoms with E-state index in [0.717, 1.165) is 35.4 Å². The van der Waals surface area contributed by atoms with Crippen molar-refractivity contribution in [2.24, 2.45) is 0 Å². The summed E-state index contributed by atoms with van der Waals surface area (Å²) in [6.45, 7) is 0.582. The van der Waals surface area contributed by atoms with E-state index in [1.165, 1.54) is 0 Å². The molecular weight excluding hydrogens is 433 g/mol. The van der Waals surface area contributed by atoms with E-state index >= 15 is 0 Å². The van der Waals surface area contributed by atoms with Crippen LogP contribution in [0.3, 0.4) is 0 Å². The highest BCUT2D eigenvalue weighted by Crippen LogP contribution is 2.35. The molecule has 0 bridgehead atoms. The maximum Gasteiger partial charge on any atom is 0.254 e. The third kappa shape index (κ3) is 3.93. The van der Waals surface area contributed by atoms with E-state index in [1.54, 1.807) is 24.3 Å². The number of amides is 1. The van der Waals surface area contributed by atoms with Gasteiger partial charge in [-0.3, -0.25) is 4.79 Å². The van der Waals surface area contributed by atoms with Gasteiger partial charge in [0.15, 0.2) is 11.6 Å². The van der Waals surface area contributed by atoms with Gasteiger partial charge in [-0.2, -0.15) is 0 Å². The van der Waals surface area contributed by atoms with E-state index in [2.05, 4.69) is 5.32 Å². The summed E-state index contributed by atoms with van der Waals surface area (Å²) in [5.41, 5.74) is 7.67. The summed E-state index contributed by atoms with van der Waals surface area (Å²) in [6, 6.07) is 11.3. The van der Waals surface area contributed by atoms with Crippen LogP contribution in [-0.2, 0) is 6.42 Å². The molecule has 4 rings (SSSR count). The van der Waals surface area contributed by atoms with Gasteiger partial charge in [-0.25, -0.2) is 8.78 Å². The molecule has 30 heavy (non-hydrogen) atoms. The Morgan fingerprint density at radius 1 is 1.07 bits per heavy atom. The standard InChI is InChI=1S/C22H16Cl2F2N2O2/c23-13-2-3-16(24)14(8-13)21(12-1-4-20-11(7-12)5-6-30-20)28-22(29)15-9-17(25)18(26)10-19(15)27/h1-4,7-10,21H,5-6,27H2,(H,28,29). The zero-order chi connectivity index (χ0) is 21.4. The number of carbonyl (C=O) groups is 1.